The highest BCUT2D eigenvalue weighted by Gasteiger charge is 2.21. The van der Waals surface area contributed by atoms with Gasteiger partial charge in [0.15, 0.2) is 6.17 Å². The molecular weight excluding hydrogens is 380 g/mol. The van der Waals surface area contributed by atoms with Crippen LogP contribution in [0.5, 0.6) is 5.75 Å². The lowest BCUT2D eigenvalue weighted by Crippen LogP contribution is -2.18. The van der Waals surface area contributed by atoms with Gasteiger partial charge in [-0.1, -0.05) is 30.3 Å². The minimum atomic E-state index is -0.166. The Morgan fingerprint density at radius 3 is 2.72 bits per heavy atom. The molecule has 0 saturated carbocycles. The van der Waals surface area contributed by atoms with Gasteiger partial charge in [-0.2, -0.15) is 0 Å². The number of likely N-dealkylation sites (tertiary alicyclic amines) is 1. The minimum Gasteiger partial charge on any atom is -0.508 e. The standard InChI is InChI=1S/C23H24N4OS/c28-19-5-3-4-18(12-19)26-23-22-20(24-15-25-23)13-21(29-22)17-8-6-16(7-9-17)14-27-10-1-2-11-27/h3-9,12-13,15,23,26,28H,1-2,10-11,14H2,(H,24,25). The summed E-state index contributed by atoms with van der Waals surface area (Å²) >= 11 is 1.75. The summed E-state index contributed by atoms with van der Waals surface area (Å²) in [6, 6.07) is 18.3. The van der Waals surface area contributed by atoms with Gasteiger partial charge in [0.25, 0.3) is 0 Å². The molecule has 3 N–H and O–H groups in total. The molecule has 0 amide bonds. The van der Waals surface area contributed by atoms with E-state index in [2.05, 4.69) is 50.9 Å². The van der Waals surface area contributed by atoms with Crippen molar-refractivity contribution in [3.63, 3.8) is 0 Å². The number of nitrogens with one attached hydrogen (secondary N) is 2. The zero-order chi connectivity index (χ0) is 19.6. The summed E-state index contributed by atoms with van der Waals surface area (Å²) in [5, 5.41) is 16.4. The Hall–Kier alpha value is -2.83. The largest absolute Gasteiger partial charge is 0.508 e. The predicted octanol–water partition coefficient (Wildman–Crippen LogP) is 5.28. The summed E-state index contributed by atoms with van der Waals surface area (Å²) in [5.41, 5.74) is 4.54. The van der Waals surface area contributed by atoms with Gasteiger partial charge in [-0.3, -0.25) is 4.90 Å². The lowest BCUT2D eigenvalue weighted by Gasteiger charge is -2.19. The molecule has 6 heteroatoms. The number of aromatic hydroxyl groups is 1. The van der Waals surface area contributed by atoms with Crippen LogP contribution in [-0.4, -0.2) is 29.4 Å². The van der Waals surface area contributed by atoms with Gasteiger partial charge in [-0.25, -0.2) is 4.99 Å². The maximum absolute atomic E-state index is 9.71. The van der Waals surface area contributed by atoms with E-state index in [-0.39, 0.29) is 11.9 Å². The van der Waals surface area contributed by atoms with Gasteiger partial charge in [0.05, 0.1) is 16.9 Å². The molecule has 1 aromatic heterocycles. The first-order valence-corrected chi connectivity index (χ1v) is 10.9. The highest BCUT2D eigenvalue weighted by Crippen LogP contribution is 2.41. The molecule has 3 aromatic rings. The lowest BCUT2D eigenvalue weighted by atomic mass is 10.1. The van der Waals surface area contributed by atoms with Gasteiger partial charge in [-0.15, -0.1) is 11.3 Å². The van der Waals surface area contributed by atoms with Crippen molar-refractivity contribution in [1.82, 2.24) is 4.90 Å². The van der Waals surface area contributed by atoms with Crippen molar-refractivity contribution in [3.05, 3.63) is 65.0 Å². The normalized spacial score (nSPS) is 18.4. The van der Waals surface area contributed by atoms with Crippen LogP contribution in [0.2, 0.25) is 0 Å². The van der Waals surface area contributed by atoms with E-state index in [1.165, 1.54) is 41.9 Å². The van der Waals surface area contributed by atoms with E-state index in [9.17, 15) is 5.11 Å². The Morgan fingerprint density at radius 2 is 1.93 bits per heavy atom. The number of hydrogen-bond acceptors (Lipinski definition) is 6. The lowest BCUT2D eigenvalue weighted by molar-refractivity contribution is 0.331. The third-order valence-corrected chi connectivity index (χ3v) is 6.68. The quantitative estimate of drug-likeness (QED) is 0.541. The molecule has 1 saturated heterocycles. The summed E-state index contributed by atoms with van der Waals surface area (Å²) in [5.74, 6) is 0.244. The Bertz CT molecular complexity index is 1020. The van der Waals surface area contributed by atoms with E-state index in [1.54, 1.807) is 29.8 Å². The van der Waals surface area contributed by atoms with Crippen LogP contribution in [0.4, 0.5) is 11.4 Å². The smallest absolute Gasteiger partial charge is 0.157 e. The summed E-state index contributed by atoms with van der Waals surface area (Å²) in [7, 11) is 0. The molecule has 0 aliphatic carbocycles. The topological polar surface area (TPSA) is 59.9 Å². The van der Waals surface area contributed by atoms with Crippen LogP contribution in [0.1, 0.15) is 29.4 Å². The van der Waals surface area contributed by atoms with Crippen LogP contribution < -0.4 is 10.6 Å². The molecule has 0 bridgehead atoms. The van der Waals surface area contributed by atoms with Crippen LogP contribution >= 0.6 is 11.3 Å². The summed E-state index contributed by atoms with van der Waals surface area (Å²) < 4.78 is 0. The van der Waals surface area contributed by atoms with Crippen LogP contribution in [0.25, 0.3) is 10.4 Å². The number of benzene rings is 2. The van der Waals surface area contributed by atoms with E-state index in [4.69, 9.17) is 0 Å². The second-order valence-corrected chi connectivity index (χ2v) is 8.67. The predicted molar refractivity (Wildman–Crippen MR) is 121 cm³/mol. The molecule has 5 rings (SSSR count). The minimum absolute atomic E-state index is 0.166. The SMILES string of the molecule is Oc1cccc(NC2N=CNc3cc(-c4ccc(CN5CCCC5)cc4)sc32)c1. The third-order valence-electron chi connectivity index (χ3n) is 5.45. The van der Waals surface area contributed by atoms with Crippen molar-refractivity contribution in [3.8, 4) is 16.2 Å². The fourth-order valence-corrected chi connectivity index (χ4v) is 5.07. The summed E-state index contributed by atoms with van der Waals surface area (Å²) in [6.07, 6.45) is 4.22. The van der Waals surface area contributed by atoms with E-state index in [0.717, 1.165) is 22.8 Å². The zero-order valence-corrected chi connectivity index (χ0v) is 17.0. The zero-order valence-electron chi connectivity index (χ0n) is 16.1. The van der Waals surface area contributed by atoms with Gasteiger partial charge in [-0.05, 0) is 55.3 Å². The Labute approximate surface area is 174 Å². The van der Waals surface area contributed by atoms with Crippen LogP contribution in [0, 0.1) is 0 Å². The Balaban J connectivity index is 1.34. The van der Waals surface area contributed by atoms with Crippen LogP contribution in [0.3, 0.4) is 0 Å². The molecule has 2 aliphatic rings. The molecule has 1 fully saturated rings. The Kier molecular flexibility index (Phi) is 4.96. The van der Waals surface area contributed by atoms with Crippen LogP contribution in [-0.2, 0) is 6.54 Å². The highest BCUT2D eigenvalue weighted by molar-refractivity contribution is 7.16. The molecule has 29 heavy (non-hydrogen) atoms. The molecule has 3 heterocycles. The van der Waals surface area contributed by atoms with Gasteiger partial charge >= 0.3 is 0 Å². The van der Waals surface area contributed by atoms with Gasteiger partial charge in [0, 0.05) is 23.2 Å². The average molecular weight is 405 g/mol. The van der Waals surface area contributed by atoms with Crippen molar-refractivity contribution >= 4 is 29.1 Å². The third kappa shape index (κ3) is 3.99. The van der Waals surface area contributed by atoms with Gasteiger partial charge in [0.1, 0.15) is 5.75 Å². The molecular formula is C23H24N4OS. The number of rotatable bonds is 5. The number of phenolic OH excluding ortho intramolecular Hbond substituents is 1. The molecule has 1 unspecified atom stereocenters. The number of thiophene rings is 1. The number of aliphatic imine (C=N–C) groups is 1. The molecule has 0 radical (unpaired) electrons. The second-order valence-electron chi connectivity index (χ2n) is 7.59. The van der Waals surface area contributed by atoms with E-state index < -0.39 is 0 Å². The van der Waals surface area contributed by atoms with Crippen molar-refractivity contribution in [2.24, 2.45) is 4.99 Å². The number of fused-ring (bicyclic) bond motifs is 1. The molecule has 0 spiro atoms. The fraction of sp³-hybridized carbons (Fsp3) is 0.261. The monoisotopic (exact) mass is 404 g/mol. The molecule has 5 nitrogen and oxygen atoms in total. The molecule has 1 atom stereocenters. The molecule has 148 valence electrons. The second kappa shape index (κ2) is 7.89. The first kappa shape index (κ1) is 18.2. The van der Waals surface area contributed by atoms with E-state index in [1.807, 2.05) is 12.1 Å². The summed E-state index contributed by atoms with van der Waals surface area (Å²) in [4.78, 5) is 9.45. The summed E-state index contributed by atoms with van der Waals surface area (Å²) in [6.45, 7) is 3.49. The van der Waals surface area contributed by atoms with Crippen LogP contribution in [0.15, 0.2) is 59.6 Å². The molecule has 2 aromatic carbocycles. The maximum atomic E-state index is 9.71. The van der Waals surface area contributed by atoms with E-state index >= 15 is 0 Å². The highest BCUT2D eigenvalue weighted by atomic mass is 32.1. The van der Waals surface area contributed by atoms with Crippen molar-refractivity contribution in [1.29, 1.82) is 0 Å². The van der Waals surface area contributed by atoms with Crippen molar-refractivity contribution in [2.45, 2.75) is 25.6 Å². The number of nitrogens with zero attached hydrogens (tertiary/aromatic N) is 2. The van der Waals surface area contributed by atoms with Crippen molar-refractivity contribution in [2.75, 3.05) is 23.7 Å². The van der Waals surface area contributed by atoms with Gasteiger partial charge in [0.2, 0.25) is 0 Å². The first-order valence-electron chi connectivity index (χ1n) is 10.0. The maximum Gasteiger partial charge on any atom is 0.157 e. The first-order chi connectivity index (χ1) is 14.2. The van der Waals surface area contributed by atoms with Crippen molar-refractivity contribution < 1.29 is 5.11 Å². The number of hydrogen-bond donors (Lipinski definition) is 3. The number of anilines is 2. The molecule has 2 aliphatic heterocycles. The fourth-order valence-electron chi connectivity index (χ4n) is 3.94. The Morgan fingerprint density at radius 1 is 1.10 bits per heavy atom. The number of phenols is 1. The van der Waals surface area contributed by atoms with E-state index in [0.29, 0.717) is 0 Å². The van der Waals surface area contributed by atoms with Gasteiger partial charge < -0.3 is 15.7 Å². The average Bonchev–Trinajstić information content (AvgIpc) is 3.39.